The first-order valence-electron chi connectivity index (χ1n) is 8.69. The van der Waals surface area contributed by atoms with Crippen LogP contribution >= 0.6 is 27.3 Å². The maximum Gasteiger partial charge on any atom is 0.341 e. The van der Waals surface area contributed by atoms with Crippen LogP contribution in [0.1, 0.15) is 38.3 Å². The van der Waals surface area contributed by atoms with Gasteiger partial charge in [-0.15, -0.1) is 11.3 Å². The third kappa shape index (κ3) is 6.04. The van der Waals surface area contributed by atoms with Crippen molar-refractivity contribution in [2.45, 2.75) is 13.8 Å². The molecule has 0 aromatic carbocycles. The quantitative estimate of drug-likeness (QED) is 0.423. The van der Waals surface area contributed by atoms with Crippen LogP contribution in [-0.4, -0.2) is 44.0 Å². The molecule has 30 heavy (non-hydrogen) atoms. The smallest absolute Gasteiger partial charge is 0.341 e. The summed E-state index contributed by atoms with van der Waals surface area (Å²) in [7, 11) is 1.46. The van der Waals surface area contributed by atoms with E-state index in [4.69, 9.17) is 13.9 Å². The van der Waals surface area contributed by atoms with E-state index in [0.29, 0.717) is 16.0 Å². The van der Waals surface area contributed by atoms with E-state index in [9.17, 15) is 19.2 Å². The predicted octanol–water partition coefficient (Wildman–Crippen LogP) is 3.14. The zero-order valence-electron chi connectivity index (χ0n) is 16.4. The second-order valence-electron chi connectivity index (χ2n) is 5.69. The lowest BCUT2D eigenvalue weighted by atomic mass is 10.1. The highest BCUT2D eigenvalue weighted by molar-refractivity contribution is 9.10. The number of amides is 2. The number of furan rings is 1. The number of esters is 2. The lowest BCUT2D eigenvalue weighted by molar-refractivity contribution is -0.142. The van der Waals surface area contributed by atoms with E-state index in [2.05, 4.69) is 26.6 Å². The molecule has 0 radical (unpaired) electrons. The van der Waals surface area contributed by atoms with Gasteiger partial charge in [0.05, 0.1) is 17.0 Å². The lowest BCUT2D eigenvalue weighted by Gasteiger charge is -2.07. The van der Waals surface area contributed by atoms with Crippen molar-refractivity contribution in [3.05, 3.63) is 44.6 Å². The van der Waals surface area contributed by atoms with Crippen LogP contribution in [0, 0.1) is 6.92 Å². The summed E-state index contributed by atoms with van der Waals surface area (Å²) in [6.45, 7) is 2.78. The molecule has 0 spiro atoms. The van der Waals surface area contributed by atoms with E-state index in [-0.39, 0.29) is 22.0 Å². The third-order valence-electron chi connectivity index (χ3n) is 3.64. The van der Waals surface area contributed by atoms with E-state index in [1.54, 1.807) is 26.0 Å². The minimum Gasteiger partial charge on any atom is -0.462 e. The van der Waals surface area contributed by atoms with Gasteiger partial charge in [-0.05, 0) is 53.5 Å². The van der Waals surface area contributed by atoms with Crippen LogP contribution in [0.4, 0.5) is 5.00 Å². The summed E-state index contributed by atoms with van der Waals surface area (Å²) in [4.78, 5) is 48.5. The molecule has 9 nitrogen and oxygen atoms in total. The first-order chi connectivity index (χ1) is 14.3. The van der Waals surface area contributed by atoms with Gasteiger partial charge in [0.15, 0.2) is 11.3 Å². The van der Waals surface area contributed by atoms with Crippen molar-refractivity contribution in [3.63, 3.8) is 0 Å². The number of anilines is 1. The van der Waals surface area contributed by atoms with Gasteiger partial charge in [-0.3, -0.25) is 9.59 Å². The summed E-state index contributed by atoms with van der Waals surface area (Å²) < 4.78 is 15.6. The molecule has 0 bridgehead atoms. The number of carbonyl (C=O) groups excluding carboxylic acids is 4. The van der Waals surface area contributed by atoms with Crippen molar-refractivity contribution in [2.75, 3.05) is 25.6 Å². The number of hydrogen-bond donors (Lipinski definition) is 2. The molecule has 0 unspecified atom stereocenters. The highest BCUT2D eigenvalue weighted by atomic mass is 79.9. The molecular formula is C19H19BrN2O7S. The van der Waals surface area contributed by atoms with Crippen molar-refractivity contribution >= 4 is 62.1 Å². The molecule has 2 rings (SSSR count). The topological polar surface area (TPSA) is 124 Å². The van der Waals surface area contributed by atoms with Crippen molar-refractivity contribution in [1.82, 2.24) is 5.32 Å². The number of hydrogen-bond acceptors (Lipinski definition) is 8. The first-order valence-corrected chi connectivity index (χ1v) is 10.3. The normalized spacial score (nSPS) is 10.7. The van der Waals surface area contributed by atoms with Crippen molar-refractivity contribution < 1.29 is 33.1 Å². The number of carbonyl (C=O) groups is 4. The molecule has 0 aliphatic heterocycles. The van der Waals surface area contributed by atoms with Gasteiger partial charge in [0.1, 0.15) is 10.8 Å². The summed E-state index contributed by atoms with van der Waals surface area (Å²) in [5.74, 6) is -2.06. The fourth-order valence-corrected chi connectivity index (χ4v) is 3.77. The highest BCUT2D eigenvalue weighted by Crippen LogP contribution is 2.33. The number of thiophene rings is 1. The molecule has 0 saturated heterocycles. The van der Waals surface area contributed by atoms with E-state index >= 15 is 0 Å². The Hall–Kier alpha value is -2.92. The summed E-state index contributed by atoms with van der Waals surface area (Å²) in [5, 5.41) is 5.11. The molecule has 160 valence electrons. The summed E-state index contributed by atoms with van der Waals surface area (Å²) >= 11 is 4.07. The Labute approximate surface area is 184 Å². The molecular weight excluding hydrogens is 480 g/mol. The molecule has 0 aliphatic rings. The van der Waals surface area contributed by atoms with Gasteiger partial charge in [0.25, 0.3) is 11.8 Å². The van der Waals surface area contributed by atoms with Crippen LogP contribution in [0.25, 0.3) is 6.08 Å². The molecule has 2 amide bonds. The Bertz CT molecular complexity index is 993. The van der Waals surface area contributed by atoms with Crippen molar-refractivity contribution in [2.24, 2.45) is 0 Å². The zero-order chi connectivity index (χ0) is 22.3. The van der Waals surface area contributed by atoms with Crippen LogP contribution in [0.5, 0.6) is 0 Å². The van der Waals surface area contributed by atoms with Crippen LogP contribution < -0.4 is 10.6 Å². The van der Waals surface area contributed by atoms with Crippen LogP contribution in [0.15, 0.2) is 27.3 Å². The molecule has 2 aromatic rings. The van der Waals surface area contributed by atoms with E-state index in [1.165, 1.54) is 13.1 Å². The van der Waals surface area contributed by atoms with Crippen molar-refractivity contribution in [3.8, 4) is 0 Å². The standard InChI is InChI=1S/C19H19BrN2O7S/c1-4-27-19(26)15-10(2)16(17(25)21-3)30-18(15)22-13(23)9-28-14(24)8-6-11-5-7-12(20)29-11/h5-8H,4,9H2,1-3H3,(H,21,25)(H,22,23). The molecule has 0 saturated carbocycles. The van der Waals surface area contributed by atoms with Gasteiger partial charge in [-0.1, -0.05) is 0 Å². The number of rotatable bonds is 8. The Morgan fingerprint density at radius 3 is 2.57 bits per heavy atom. The largest absolute Gasteiger partial charge is 0.462 e. The fraction of sp³-hybridized carbons (Fsp3) is 0.263. The Balaban J connectivity index is 2.06. The van der Waals surface area contributed by atoms with Gasteiger partial charge in [-0.25, -0.2) is 9.59 Å². The second-order valence-corrected chi connectivity index (χ2v) is 7.49. The lowest BCUT2D eigenvalue weighted by Crippen LogP contribution is -2.21. The van der Waals surface area contributed by atoms with Crippen LogP contribution in [0.3, 0.4) is 0 Å². The zero-order valence-corrected chi connectivity index (χ0v) is 18.8. The van der Waals surface area contributed by atoms with Gasteiger partial charge in [-0.2, -0.15) is 0 Å². The number of halogens is 1. The maximum absolute atomic E-state index is 12.3. The van der Waals surface area contributed by atoms with Gasteiger partial charge < -0.3 is 24.5 Å². The summed E-state index contributed by atoms with van der Waals surface area (Å²) in [5.41, 5.74) is 0.473. The SMILES string of the molecule is CCOC(=O)c1c(NC(=O)COC(=O)C=Cc2ccc(Br)o2)sc(C(=O)NC)c1C. The fourth-order valence-electron chi connectivity index (χ4n) is 2.30. The molecule has 0 atom stereocenters. The second kappa shape index (κ2) is 10.7. The number of nitrogens with one attached hydrogen (secondary N) is 2. The highest BCUT2D eigenvalue weighted by Gasteiger charge is 2.26. The average molecular weight is 499 g/mol. The predicted molar refractivity (Wildman–Crippen MR) is 113 cm³/mol. The minimum atomic E-state index is -0.753. The Morgan fingerprint density at radius 1 is 1.23 bits per heavy atom. The molecule has 11 heteroatoms. The summed E-state index contributed by atoms with van der Waals surface area (Å²) in [6.07, 6.45) is 2.50. The van der Waals surface area contributed by atoms with E-state index < -0.39 is 30.4 Å². The minimum absolute atomic E-state index is 0.0865. The first kappa shape index (κ1) is 23.4. The monoisotopic (exact) mass is 498 g/mol. The molecule has 2 aromatic heterocycles. The average Bonchev–Trinajstić information content (AvgIpc) is 3.27. The van der Waals surface area contributed by atoms with Gasteiger partial charge in [0.2, 0.25) is 0 Å². The molecule has 2 N–H and O–H groups in total. The third-order valence-corrected chi connectivity index (χ3v) is 5.27. The molecule has 2 heterocycles. The van der Waals surface area contributed by atoms with Gasteiger partial charge >= 0.3 is 11.9 Å². The Kier molecular flexibility index (Phi) is 8.36. The summed E-state index contributed by atoms with van der Waals surface area (Å²) in [6, 6.07) is 3.30. The molecule has 0 aliphatic carbocycles. The van der Waals surface area contributed by atoms with Crippen LogP contribution in [0.2, 0.25) is 0 Å². The maximum atomic E-state index is 12.3. The number of ether oxygens (including phenoxy) is 2. The van der Waals surface area contributed by atoms with Crippen molar-refractivity contribution in [1.29, 1.82) is 0 Å². The Morgan fingerprint density at radius 2 is 1.97 bits per heavy atom. The van der Waals surface area contributed by atoms with E-state index in [0.717, 1.165) is 17.4 Å². The molecule has 0 fully saturated rings. The van der Waals surface area contributed by atoms with Gasteiger partial charge in [0, 0.05) is 13.1 Å². The van der Waals surface area contributed by atoms with E-state index in [1.807, 2.05) is 0 Å². The van der Waals surface area contributed by atoms with Crippen LogP contribution in [-0.2, 0) is 19.1 Å².